The number of nitrogens with one attached hydrogen (secondary N) is 1. The molecule has 0 spiro atoms. The Balaban J connectivity index is 1.52. The molecule has 0 bridgehead atoms. The molecule has 1 saturated heterocycles. The summed E-state index contributed by atoms with van der Waals surface area (Å²) in [6, 6.07) is 12.6. The minimum Gasteiger partial charge on any atom is -0.378 e. The number of hydrogen-bond acceptors (Lipinski definition) is 4. The van der Waals surface area contributed by atoms with Crippen LogP contribution in [0.25, 0.3) is 5.69 Å². The lowest BCUT2D eigenvalue weighted by Gasteiger charge is -2.26. The molecule has 0 aliphatic carbocycles. The summed E-state index contributed by atoms with van der Waals surface area (Å²) in [5.74, 6) is -0.398. The Bertz CT molecular complexity index is 1120. The van der Waals surface area contributed by atoms with Crippen LogP contribution < -0.4 is 5.56 Å². The first kappa shape index (κ1) is 19.8. The fourth-order valence-electron chi connectivity index (χ4n) is 3.26. The predicted molar refractivity (Wildman–Crippen MR) is 112 cm³/mol. The van der Waals surface area contributed by atoms with Crippen molar-refractivity contribution in [2.24, 2.45) is 4.99 Å². The Morgan fingerprint density at radius 3 is 2.43 bits per heavy atom. The SMILES string of the molecule is Cc1[nH]n(-c2ccc(F)cc2)c(=O)c1C=Nc1ccc(C(=O)N2CCOCC2)cc1. The molecule has 4 rings (SSSR count). The normalized spacial score (nSPS) is 14.4. The summed E-state index contributed by atoms with van der Waals surface area (Å²) in [6.07, 6.45) is 1.49. The largest absolute Gasteiger partial charge is 0.378 e. The van der Waals surface area contributed by atoms with Gasteiger partial charge < -0.3 is 9.64 Å². The third-order valence-corrected chi connectivity index (χ3v) is 4.96. The number of aromatic nitrogens is 2. The highest BCUT2D eigenvalue weighted by Crippen LogP contribution is 2.16. The number of halogens is 1. The lowest BCUT2D eigenvalue weighted by Crippen LogP contribution is -2.40. The van der Waals surface area contributed by atoms with E-state index in [1.54, 1.807) is 36.1 Å². The van der Waals surface area contributed by atoms with Crippen LogP contribution in [0.4, 0.5) is 10.1 Å². The van der Waals surface area contributed by atoms with Crippen molar-refractivity contribution in [3.05, 3.63) is 81.5 Å². The van der Waals surface area contributed by atoms with Crippen molar-refractivity contribution in [1.82, 2.24) is 14.7 Å². The molecule has 1 N–H and O–H groups in total. The van der Waals surface area contributed by atoms with E-state index in [0.717, 1.165) is 0 Å². The van der Waals surface area contributed by atoms with Gasteiger partial charge in [0.05, 0.1) is 30.2 Å². The molecule has 7 nitrogen and oxygen atoms in total. The molecule has 2 aromatic carbocycles. The van der Waals surface area contributed by atoms with E-state index in [-0.39, 0.29) is 17.3 Å². The van der Waals surface area contributed by atoms with Crippen molar-refractivity contribution in [2.45, 2.75) is 6.92 Å². The van der Waals surface area contributed by atoms with E-state index in [4.69, 9.17) is 4.74 Å². The van der Waals surface area contributed by atoms with Gasteiger partial charge in [0.15, 0.2) is 0 Å². The lowest BCUT2D eigenvalue weighted by atomic mass is 10.1. The van der Waals surface area contributed by atoms with Crippen LogP contribution in [-0.4, -0.2) is 53.1 Å². The fourth-order valence-corrected chi connectivity index (χ4v) is 3.26. The molecule has 0 radical (unpaired) electrons. The van der Waals surface area contributed by atoms with E-state index in [1.165, 1.54) is 35.2 Å². The lowest BCUT2D eigenvalue weighted by molar-refractivity contribution is 0.0303. The number of amides is 1. The Hall–Kier alpha value is -3.52. The number of rotatable bonds is 4. The van der Waals surface area contributed by atoms with Crippen LogP contribution in [0.2, 0.25) is 0 Å². The number of ether oxygens (including phenoxy) is 1. The Morgan fingerprint density at radius 1 is 1.10 bits per heavy atom. The minimum atomic E-state index is -0.368. The number of aromatic amines is 1. The molecule has 2 heterocycles. The van der Waals surface area contributed by atoms with Gasteiger partial charge in [-0.05, 0) is 55.5 Å². The van der Waals surface area contributed by atoms with Gasteiger partial charge in [0.1, 0.15) is 5.82 Å². The average molecular weight is 408 g/mol. The van der Waals surface area contributed by atoms with Crippen LogP contribution in [0.1, 0.15) is 21.6 Å². The van der Waals surface area contributed by atoms with E-state index in [2.05, 4.69) is 10.1 Å². The van der Waals surface area contributed by atoms with Crippen LogP contribution >= 0.6 is 0 Å². The van der Waals surface area contributed by atoms with Gasteiger partial charge in [0.25, 0.3) is 11.5 Å². The minimum absolute atomic E-state index is 0.0301. The number of aliphatic imine (C=N–C) groups is 1. The summed E-state index contributed by atoms with van der Waals surface area (Å²) in [7, 11) is 0. The van der Waals surface area contributed by atoms with Gasteiger partial charge >= 0.3 is 0 Å². The Morgan fingerprint density at radius 2 is 1.77 bits per heavy atom. The third kappa shape index (κ3) is 4.08. The van der Waals surface area contributed by atoms with Crippen molar-refractivity contribution in [3.63, 3.8) is 0 Å². The summed E-state index contributed by atoms with van der Waals surface area (Å²) in [4.78, 5) is 31.3. The van der Waals surface area contributed by atoms with Gasteiger partial charge in [-0.3, -0.25) is 19.7 Å². The molecule has 1 aliphatic rings. The van der Waals surface area contributed by atoms with Crippen LogP contribution in [0.15, 0.2) is 58.3 Å². The topological polar surface area (TPSA) is 79.7 Å². The molecule has 0 atom stereocenters. The van der Waals surface area contributed by atoms with Gasteiger partial charge in [0, 0.05) is 30.6 Å². The summed E-state index contributed by atoms with van der Waals surface area (Å²) in [6.45, 7) is 4.06. The van der Waals surface area contributed by atoms with E-state index in [9.17, 15) is 14.0 Å². The van der Waals surface area contributed by atoms with Gasteiger partial charge in [-0.2, -0.15) is 0 Å². The molecule has 0 unspecified atom stereocenters. The van der Waals surface area contributed by atoms with E-state index in [0.29, 0.717) is 54.5 Å². The maximum absolute atomic E-state index is 13.1. The van der Waals surface area contributed by atoms with E-state index in [1.807, 2.05) is 0 Å². The average Bonchev–Trinajstić information content (AvgIpc) is 3.06. The van der Waals surface area contributed by atoms with Crippen molar-refractivity contribution in [1.29, 1.82) is 0 Å². The van der Waals surface area contributed by atoms with Crippen LogP contribution in [-0.2, 0) is 4.74 Å². The number of carbonyl (C=O) groups is 1. The van der Waals surface area contributed by atoms with Crippen molar-refractivity contribution in [3.8, 4) is 5.69 Å². The molecular formula is C22H21FN4O3. The van der Waals surface area contributed by atoms with Gasteiger partial charge in [-0.25, -0.2) is 9.07 Å². The number of carbonyl (C=O) groups excluding carboxylic acids is 1. The third-order valence-electron chi connectivity index (χ3n) is 4.96. The van der Waals surface area contributed by atoms with E-state index >= 15 is 0 Å². The molecule has 1 fully saturated rings. The van der Waals surface area contributed by atoms with Crippen LogP contribution in [0.5, 0.6) is 0 Å². The second-order valence-electron chi connectivity index (χ2n) is 6.98. The highest BCUT2D eigenvalue weighted by atomic mass is 19.1. The summed E-state index contributed by atoms with van der Waals surface area (Å²) in [5.41, 5.74) is 2.53. The molecule has 30 heavy (non-hydrogen) atoms. The molecule has 8 heteroatoms. The van der Waals surface area contributed by atoms with Gasteiger partial charge in [-0.1, -0.05) is 0 Å². The van der Waals surface area contributed by atoms with Gasteiger partial charge in [-0.15, -0.1) is 0 Å². The highest BCUT2D eigenvalue weighted by molar-refractivity contribution is 5.94. The van der Waals surface area contributed by atoms with Crippen LogP contribution in [0.3, 0.4) is 0 Å². The second-order valence-corrected chi connectivity index (χ2v) is 6.98. The van der Waals surface area contributed by atoms with Gasteiger partial charge in [0.2, 0.25) is 0 Å². The number of morpholine rings is 1. The Kier molecular flexibility index (Phi) is 5.58. The maximum Gasteiger partial charge on any atom is 0.280 e. The molecular weight excluding hydrogens is 387 g/mol. The number of hydrogen-bond donors (Lipinski definition) is 1. The number of benzene rings is 2. The summed E-state index contributed by atoms with van der Waals surface area (Å²) < 4.78 is 19.8. The quantitative estimate of drug-likeness (QED) is 0.674. The zero-order valence-corrected chi connectivity index (χ0v) is 16.5. The second kappa shape index (κ2) is 8.46. The molecule has 1 aliphatic heterocycles. The zero-order valence-electron chi connectivity index (χ0n) is 16.5. The number of nitrogens with zero attached hydrogens (tertiary/aromatic N) is 3. The van der Waals surface area contributed by atoms with Crippen molar-refractivity contribution in [2.75, 3.05) is 26.3 Å². The number of H-pyrrole nitrogens is 1. The predicted octanol–water partition coefficient (Wildman–Crippen LogP) is 2.84. The van der Waals surface area contributed by atoms with Crippen molar-refractivity contribution < 1.29 is 13.9 Å². The first-order valence-electron chi connectivity index (χ1n) is 9.61. The fraction of sp³-hybridized carbons (Fsp3) is 0.227. The standard InChI is InChI=1S/C22H21FN4O3/c1-15-20(22(29)27(25-15)19-8-4-17(23)5-9-19)14-24-18-6-2-16(3-7-18)21(28)26-10-12-30-13-11-26/h2-9,14,25H,10-13H2,1H3. The Labute approximate surface area is 172 Å². The molecule has 3 aromatic rings. The summed E-state index contributed by atoms with van der Waals surface area (Å²) in [5, 5.41) is 2.98. The molecule has 1 aromatic heterocycles. The monoisotopic (exact) mass is 408 g/mol. The van der Waals surface area contributed by atoms with Crippen molar-refractivity contribution >= 4 is 17.8 Å². The number of aryl methyl sites for hydroxylation is 1. The van der Waals surface area contributed by atoms with Crippen LogP contribution in [0, 0.1) is 12.7 Å². The first-order valence-corrected chi connectivity index (χ1v) is 9.61. The summed E-state index contributed by atoms with van der Waals surface area (Å²) >= 11 is 0. The first-order chi connectivity index (χ1) is 14.5. The smallest absolute Gasteiger partial charge is 0.280 e. The van der Waals surface area contributed by atoms with E-state index < -0.39 is 0 Å². The molecule has 0 saturated carbocycles. The molecule has 154 valence electrons. The zero-order chi connectivity index (χ0) is 21.1. The highest BCUT2D eigenvalue weighted by Gasteiger charge is 2.18. The maximum atomic E-state index is 13.1. The molecule has 1 amide bonds.